The fraction of sp³-hybridized carbons (Fsp3) is 0.200. The largest absolute Gasteiger partial charge is 0.416 e. The molecular weight excluding hydrogens is 511 g/mol. The lowest BCUT2D eigenvalue weighted by Gasteiger charge is -2.35. The molecule has 5 rings (SSSR count). The van der Waals surface area contributed by atoms with Crippen molar-refractivity contribution >= 4 is 5.65 Å². The van der Waals surface area contributed by atoms with Gasteiger partial charge in [0, 0.05) is 29.6 Å². The van der Waals surface area contributed by atoms with E-state index in [1.807, 2.05) is 0 Å². The predicted octanol–water partition coefficient (Wildman–Crippen LogP) is 4.20. The third kappa shape index (κ3) is 4.45. The maximum atomic E-state index is 14.9. The topological polar surface area (TPSA) is 90.2 Å². The van der Waals surface area contributed by atoms with E-state index in [2.05, 4.69) is 15.1 Å². The minimum atomic E-state index is -4.49. The average molecular weight is 530 g/mol. The number of hydrogen-bond acceptors (Lipinski definition) is 5. The van der Waals surface area contributed by atoms with Gasteiger partial charge in [0.15, 0.2) is 0 Å². The van der Waals surface area contributed by atoms with Crippen molar-refractivity contribution in [1.29, 1.82) is 0 Å². The normalized spacial score (nSPS) is 14.5. The van der Waals surface area contributed by atoms with Crippen LogP contribution in [0.15, 0.2) is 78.4 Å². The van der Waals surface area contributed by atoms with Crippen molar-refractivity contribution in [2.75, 3.05) is 0 Å². The van der Waals surface area contributed by atoms with Crippen molar-refractivity contribution in [2.45, 2.75) is 31.3 Å². The molecule has 8 nitrogen and oxygen atoms in total. The number of aliphatic hydroxyl groups is 1. The van der Waals surface area contributed by atoms with E-state index in [0.29, 0.717) is 11.6 Å². The highest BCUT2D eigenvalue weighted by atomic mass is 19.4. The van der Waals surface area contributed by atoms with Crippen molar-refractivity contribution in [2.24, 2.45) is 0 Å². The first-order valence-corrected chi connectivity index (χ1v) is 11.3. The molecule has 0 saturated carbocycles. The van der Waals surface area contributed by atoms with Crippen LogP contribution in [0.3, 0.4) is 0 Å². The SMILES string of the molecule is C[C@@H](n1ccc2nc(-c3ccc(C(F)(F)F)cc3)cn2c1=O)C(O)(Cn1cncn1)c1ccc(F)cc1F. The van der Waals surface area contributed by atoms with Crippen molar-refractivity contribution in [3.05, 3.63) is 107 Å². The number of nitrogens with zero attached hydrogens (tertiary/aromatic N) is 6. The molecule has 1 unspecified atom stereocenters. The number of benzene rings is 2. The first kappa shape index (κ1) is 25.3. The predicted molar refractivity (Wildman–Crippen MR) is 125 cm³/mol. The maximum Gasteiger partial charge on any atom is 0.416 e. The number of imidazole rings is 1. The number of halogens is 5. The molecule has 0 spiro atoms. The third-order valence-electron chi connectivity index (χ3n) is 6.43. The number of alkyl halides is 3. The van der Waals surface area contributed by atoms with Crippen LogP contribution in [0, 0.1) is 11.6 Å². The van der Waals surface area contributed by atoms with E-state index >= 15 is 0 Å². The zero-order valence-corrected chi connectivity index (χ0v) is 19.6. The summed E-state index contributed by atoms with van der Waals surface area (Å²) in [5.74, 6) is -1.85. The maximum absolute atomic E-state index is 14.9. The number of aromatic nitrogens is 6. The molecule has 0 fully saturated rings. The fourth-order valence-corrected chi connectivity index (χ4v) is 4.34. The Bertz CT molecular complexity index is 1660. The molecule has 13 heteroatoms. The van der Waals surface area contributed by atoms with Crippen LogP contribution in [-0.4, -0.2) is 33.8 Å². The van der Waals surface area contributed by atoms with E-state index in [1.54, 1.807) is 0 Å². The van der Waals surface area contributed by atoms with Gasteiger partial charge in [-0.05, 0) is 31.2 Å². The van der Waals surface area contributed by atoms with Crippen LogP contribution in [0.5, 0.6) is 0 Å². The van der Waals surface area contributed by atoms with Gasteiger partial charge in [0.05, 0.1) is 23.8 Å². The minimum Gasteiger partial charge on any atom is -0.381 e. The zero-order chi connectivity index (χ0) is 27.2. The number of hydrogen-bond donors (Lipinski definition) is 1. The molecule has 0 aliphatic rings. The first-order chi connectivity index (χ1) is 18.0. The lowest BCUT2D eigenvalue weighted by molar-refractivity contribution is -0.137. The minimum absolute atomic E-state index is 0.209. The van der Waals surface area contributed by atoms with Gasteiger partial charge in [-0.15, -0.1) is 0 Å². The second kappa shape index (κ2) is 9.17. The molecule has 2 aromatic carbocycles. The van der Waals surface area contributed by atoms with E-state index in [0.717, 1.165) is 28.8 Å². The van der Waals surface area contributed by atoms with Crippen LogP contribution in [-0.2, 0) is 18.3 Å². The van der Waals surface area contributed by atoms with Crippen molar-refractivity contribution in [1.82, 2.24) is 28.7 Å². The molecule has 0 aliphatic carbocycles. The summed E-state index contributed by atoms with van der Waals surface area (Å²) in [6.45, 7) is 1.17. The summed E-state index contributed by atoms with van der Waals surface area (Å²) < 4.78 is 70.8. The van der Waals surface area contributed by atoms with Gasteiger partial charge in [-0.1, -0.05) is 18.2 Å². The molecule has 0 saturated heterocycles. The molecule has 3 heterocycles. The molecule has 3 aromatic heterocycles. The highest BCUT2D eigenvalue weighted by Crippen LogP contribution is 2.36. The molecule has 2 atom stereocenters. The molecule has 0 bridgehead atoms. The number of rotatable bonds is 6. The Morgan fingerprint density at radius 1 is 1.05 bits per heavy atom. The van der Waals surface area contributed by atoms with Gasteiger partial charge in [-0.3, -0.25) is 8.97 Å². The number of fused-ring (bicyclic) bond motifs is 1. The van der Waals surface area contributed by atoms with Gasteiger partial charge in [-0.2, -0.15) is 18.3 Å². The van der Waals surface area contributed by atoms with Crippen molar-refractivity contribution in [3.63, 3.8) is 0 Å². The summed E-state index contributed by atoms with van der Waals surface area (Å²) in [6, 6.07) is 7.43. The lowest BCUT2D eigenvalue weighted by atomic mass is 9.86. The average Bonchev–Trinajstić information content (AvgIpc) is 3.53. The van der Waals surface area contributed by atoms with E-state index in [-0.39, 0.29) is 23.4 Å². The molecule has 0 amide bonds. The quantitative estimate of drug-likeness (QED) is 0.333. The third-order valence-corrected chi connectivity index (χ3v) is 6.43. The summed E-state index contributed by atoms with van der Waals surface area (Å²) in [6.07, 6.45) is 0.752. The van der Waals surface area contributed by atoms with Gasteiger partial charge in [0.1, 0.15) is 35.5 Å². The molecule has 5 aromatic rings. The first-order valence-electron chi connectivity index (χ1n) is 11.3. The second-order valence-corrected chi connectivity index (χ2v) is 8.75. The van der Waals surface area contributed by atoms with Crippen LogP contribution in [0.2, 0.25) is 0 Å². The summed E-state index contributed by atoms with van der Waals surface area (Å²) in [4.78, 5) is 21.6. The molecule has 1 N–H and O–H groups in total. The molecular formula is C25H19F5N6O2. The highest BCUT2D eigenvalue weighted by Gasteiger charge is 2.41. The Balaban J connectivity index is 1.58. The Labute approximate surface area is 211 Å². The van der Waals surface area contributed by atoms with Crippen molar-refractivity contribution in [3.8, 4) is 11.3 Å². The molecule has 0 aliphatic heterocycles. The Morgan fingerprint density at radius 3 is 2.42 bits per heavy atom. The van der Waals surface area contributed by atoms with E-state index in [1.165, 1.54) is 59.3 Å². The fourth-order valence-electron chi connectivity index (χ4n) is 4.34. The smallest absolute Gasteiger partial charge is 0.381 e. The van der Waals surface area contributed by atoms with Crippen LogP contribution < -0.4 is 5.69 Å². The van der Waals surface area contributed by atoms with Gasteiger partial charge in [0.25, 0.3) is 0 Å². The zero-order valence-electron chi connectivity index (χ0n) is 19.6. The van der Waals surface area contributed by atoms with E-state index < -0.39 is 40.7 Å². The summed E-state index contributed by atoms with van der Waals surface area (Å²) in [5, 5.41) is 15.7. The Hall–Kier alpha value is -4.39. The van der Waals surface area contributed by atoms with Gasteiger partial charge >= 0.3 is 11.9 Å². The summed E-state index contributed by atoms with van der Waals surface area (Å²) in [5.41, 5.74) is -2.99. The van der Waals surface area contributed by atoms with Crippen LogP contribution in [0.4, 0.5) is 22.0 Å². The summed E-state index contributed by atoms with van der Waals surface area (Å²) >= 11 is 0. The lowest BCUT2D eigenvalue weighted by Crippen LogP contribution is -2.44. The standard InChI is InChI=1S/C25H19F5N6O2/c1-15(24(38,12-34-14-31-13-32-34)19-7-6-18(26)10-20(19)27)35-9-8-22-33-21(11-36(22)23(35)37)16-2-4-17(5-3-16)25(28,29)30/h2-11,13-15,38H,12H2,1H3/t15-,24?/m1/s1. The van der Waals surface area contributed by atoms with Crippen LogP contribution in [0.1, 0.15) is 24.1 Å². The monoisotopic (exact) mass is 530 g/mol. The van der Waals surface area contributed by atoms with Gasteiger partial charge in [0.2, 0.25) is 0 Å². The highest BCUT2D eigenvalue weighted by molar-refractivity contribution is 5.62. The van der Waals surface area contributed by atoms with E-state index in [9.17, 15) is 31.9 Å². The molecule has 196 valence electrons. The van der Waals surface area contributed by atoms with Crippen LogP contribution in [0.25, 0.3) is 16.9 Å². The van der Waals surface area contributed by atoms with Crippen LogP contribution >= 0.6 is 0 Å². The van der Waals surface area contributed by atoms with Gasteiger partial charge < -0.3 is 5.11 Å². The molecule has 38 heavy (non-hydrogen) atoms. The van der Waals surface area contributed by atoms with E-state index in [4.69, 9.17) is 0 Å². The Kier molecular flexibility index (Phi) is 6.10. The summed E-state index contributed by atoms with van der Waals surface area (Å²) in [7, 11) is 0. The second-order valence-electron chi connectivity index (χ2n) is 8.75. The van der Waals surface area contributed by atoms with Gasteiger partial charge in [-0.25, -0.2) is 28.2 Å². The van der Waals surface area contributed by atoms with Crippen molar-refractivity contribution < 1.29 is 27.1 Å². The molecule has 0 radical (unpaired) electrons. The Morgan fingerprint density at radius 2 is 1.79 bits per heavy atom.